The zero-order valence-corrected chi connectivity index (χ0v) is 20.8. The fourth-order valence-electron chi connectivity index (χ4n) is 3.59. The van der Waals surface area contributed by atoms with E-state index in [1.165, 1.54) is 43.3 Å². The molecule has 0 radical (unpaired) electrons. The Kier molecular flexibility index (Phi) is 8.74. The number of aryl methyl sites for hydroxylation is 1. The van der Waals surface area contributed by atoms with Crippen LogP contribution in [-0.4, -0.2) is 31.0 Å². The number of rotatable bonds is 10. The van der Waals surface area contributed by atoms with Gasteiger partial charge in [-0.3, -0.25) is 9.10 Å². The van der Waals surface area contributed by atoms with Gasteiger partial charge in [0.1, 0.15) is 17.5 Å². The normalized spacial score (nSPS) is 12.4. The van der Waals surface area contributed by atoms with Crippen molar-refractivity contribution in [2.75, 3.05) is 15.8 Å². The number of aliphatic carboxylic acids is 1. The van der Waals surface area contributed by atoms with Gasteiger partial charge >= 0.3 is 5.97 Å². The SMILES string of the molecule is C[C@H](c1ccc(F)cc1CCSCC(=O)O)N(c1cc(F)ccc1F)S(=O)(=O)c1ccc(Cl)cc1. The Balaban J connectivity index is 2.12. The maximum Gasteiger partial charge on any atom is 0.313 e. The average molecular weight is 544 g/mol. The highest BCUT2D eigenvalue weighted by Gasteiger charge is 2.33. The number of thioether (sulfide) groups is 1. The predicted molar refractivity (Wildman–Crippen MR) is 131 cm³/mol. The number of carbonyl (C=O) groups is 1. The van der Waals surface area contributed by atoms with Crippen LogP contribution in [0.1, 0.15) is 24.1 Å². The number of halogens is 4. The second-order valence-electron chi connectivity index (χ2n) is 7.57. The molecule has 1 N–H and O–H groups in total. The third-order valence-electron chi connectivity index (χ3n) is 5.16. The standard InChI is InChI=1S/C24H21ClF3NO4S2/c1-15(21-8-4-18(26)12-16(21)10-11-34-14-24(30)31)29(23-13-19(27)5-9-22(23)28)35(32,33)20-6-2-17(25)3-7-20/h2-9,12-13,15H,10-11,14H2,1H3,(H,30,31)/t15-/m1/s1. The summed E-state index contributed by atoms with van der Waals surface area (Å²) in [5.41, 5.74) is 0.273. The van der Waals surface area contributed by atoms with Gasteiger partial charge in [0.2, 0.25) is 0 Å². The number of hydrogen-bond acceptors (Lipinski definition) is 4. The fraction of sp³-hybridized carbons (Fsp3) is 0.208. The minimum absolute atomic E-state index is 0.147. The maximum atomic E-state index is 14.9. The topological polar surface area (TPSA) is 74.7 Å². The predicted octanol–water partition coefficient (Wildman–Crippen LogP) is 6.07. The Bertz CT molecular complexity index is 1320. The summed E-state index contributed by atoms with van der Waals surface area (Å²) in [5.74, 6) is -3.18. The van der Waals surface area contributed by atoms with Crippen LogP contribution in [0.15, 0.2) is 65.6 Å². The third kappa shape index (κ3) is 6.50. The van der Waals surface area contributed by atoms with E-state index in [-0.39, 0.29) is 17.1 Å². The number of nitrogens with zero attached hydrogens (tertiary/aromatic N) is 1. The van der Waals surface area contributed by atoms with E-state index in [4.69, 9.17) is 16.7 Å². The first-order valence-corrected chi connectivity index (χ1v) is 13.3. The van der Waals surface area contributed by atoms with E-state index in [2.05, 4.69) is 0 Å². The second-order valence-corrected chi connectivity index (χ2v) is 10.9. The van der Waals surface area contributed by atoms with Crippen LogP contribution in [0, 0.1) is 17.5 Å². The van der Waals surface area contributed by atoms with Gasteiger partial charge in [-0.05, 0) is 78.8 Å². The van der Waals surface area contributed by atoms with Crippen LogP contribution < -0.4 is 4.31 Å². The van der Waals surface area contributed by atoms with Crippen molar-refractivity contribution in [3.8, 4) is 0 Å². The molecule has 5 nitrogen and oxygen atoms in total. The van der Waals surface area contributed by atoms with Crippen LogP contribution in [0.5, 0.6) is 0 Å². The summed E-state index contributed by atoms with van der Waals surface area (Å²) in [5, 5.41) is 9.12. The van der Waals surface area contributed by atoms with Crippen molar-refractivity contribution in [3.05, 3.63) is 94.3 Å². The quantitative estimate of drug-likeness (QED) is 0.314. The Morgan fingerprint density at radius 1 is 1.03 bits per heavy atom. The van der Waals surface area contributed by atoms with Gasteiger partial charge in [0.25, 0.3) is 10.0 Å². The molecule has 0 amide bonds. The lowest BCUT2D eigenvalue weighted by Gasteiger charge is -2.32. The molecule has 0 heterocycles. The van der Waals surface area contributed by atoms with Crippen LogP contribution in [0.25, 0.3) is 0 Å². The van der Waals surface area contributed by atoms with Crippen molar-refractivity contribution in [1.29, 1.82) is 0 Å². The molecule has 0 aliphatic heterocycles. The number of anilines is 1. The minimum atomic E-state index is -4.43. The molecule has 1 atom stereocenters. The van der Waals surface area contributed by atoms with E-state index < -0.39 is 45.2 Å². The van der Waals surface area contributed by atoms with Crippen LogP contribution in [-0.2, 0) is 21.2 Å². The van der Waals surface area contributed by atoms with Crippen molar-refractivity contribution < 1.29 is 31.5 Å². The molecule has 0 unspecified atom stereocenters. The Labute approximate surface area is 210 Å². The summed E-state index contributed by atoms with van der Waals surface area (Å²) in [6.45, 7) is 1.49. The summed E-state index contributed by atoms with van der Waals surface area (Å²) in [6.07, 6.45) is 0.232. The van der Waals surface area contributed by atoms with Crippen LogP contribution in [0.3, 0.4) is 0 Å². The number of hydrogen-bond donors (Lipinski definition) is 1. The largest absolute Gasteiger partial charge is 0.481 e. The summed E-state index contributed by atoms with van der Waals surface area (Å²) in [7, 11) is -4.43. The molecule has 35 heavy (non-hydrogen) atoms. The molecule has 0 fully saturated rings. The van der Waals surface area contributed by atoms with Crippen molar-refractivity contribution >= 4 is 45.0 Å². The van der Waals surface area contributed by atoms with Gasteiger partial charge < -0.3 is 5.11 Å². The molecule has 3 rings (SSSR count). The van der Waals surface area contributed by atoms with E-state index >= 15 is 0 Å². The lowest BCUT2D eigenvalue weighted by Crippen LogP contribution is -2.35. The van der Waals surface area contributed by atoms with Crippen LogP contribution in [0.4, 0.5) is 18.9 Å². The lowest BCUT2D eigenvalue weighted by molar-refractivity contribution is -0.133. The molecule has 3 aromatic carbocycles. The van der Waals surface area contributed by atoms with E-state index in [1.54, 1.807) is 0 Å². The number of sulfonamides is 1. The molecule has 0 aromatic heterocycles. The molecule has 0 saturated carbocycles. The fourth-order valence-corrected chi connectivity index (χ4v) is 6.03. The molecular formula is C24H21ClF3NO4S2. The zero-order valence-electron chi connectivity index (χ0n) is 18.4. The molecule has 3 aromatic rings. The number of carboxylic acid groups (broad SMARTS) is 1. The average Bonchev–Trinajstić information content (AvgIpc) is 2.79. The Morgan fingerprint density at radius 2 is 1.66 bits per heavy atom. The molecule has 0 bridgehead atoms. The third-order valence-corrected chi connectivity index (χ3v) is 8.26. The summed E-state index contributed by atoms with van der Waals surface area (Å²) >= 11 is 7.01. The number of carboxylic acids is 1. The Morgan fingerprint density at radius 3 is 2.31 bits per heavy atom. The second kappa shape index (κ2) is 11.4. The minimum Gasteiger partial charge on any atom is -0.481 e. The first-order valence-electron chi connectivity index (χ1n) is 10.3. The number of benzene rings is 3. The van der Waals surface area contributed by atoms with E-state index in [0.29, 0.717) is 21.9 Å². The molecular weight excluding hydrogens is 523 g/mol. The zero-order chi connectivity index (χ0) is 25.8. The first kappa shape index (κ1) is 26.9. The molecule has 0 saturated heterocycles. The van der Waals surface area contributed by atoms with Gasteiger partial charge in [-0.2, -0.15) is 0 Å². The van der Waals surface area contributed by atoms with Crippen molar-refractivity contribution in [3.63, 3.8) is 0 Å². The highest BCUT2D eigenvalue weighted by molar-refractivity contribution is 7.99. The lowest BCUT2D eigenvalue weighted by atomic mass is 9.99. The molecule has 186 valence electrons. The molecule has 0 spiro atoms. The molecule has 0 aliphatic rings. The van der Waals surface area contributed by atoms with Crippen molar-refractivity contribution in [1.82, 2.24) is 0 Å². The highest BCUT2D eigenvalue weighted by atomic mass is 35.5. The Hall–Kier alpha value is -2.69. The van der Waals surface area contributed by atoms with E-state index in [1.807, 2.05) is 0 Å². The van der Waals surface area contributed by atoms with Gasteiger partial charge in [0, 0.05) is 11.1 Å². The van der Waals surface area contributed by atoms with Gasteiger partial charge in [-0.25, -0.2) is 21.6 Å². The van der Waals surface area contributed by atoms with Gasteiger partial charge in [-0.1, -0.05) is 17.7 Å². The summed E-state index contributed by atoms with van der Waals surface area (Å²) < 4.78 is 71.2. The van der Waals surface area contributed by atoms with Gasteiger partial charge in [0.15, 0.2) is 0 Å². The molecule has 0 aliphatic carbocycles. The monoisotopic (exact) mass is 543 g/mol. The summed E-state index contributed by atoms with van der Waals surface area (Å²) in [6, 6.07) is 10.4. The van der Waals surface area contributed by atoms with E-state index in [0.717, 1.165) is 40.3 Å². The van der Waals surface area contributed by atoms with Gasteiger partial charge in [0.05, 0.1) is 22.4 Å². The van der Waals surface area contributed by atoms with E-state index in [9.17, 15) is 26.4 Å². The van der Waals surface area contributed by atoms with Crippen LogP contribution in [0.2, 0.25) is 5.02 Å². The van der Waals surface area contributed by atoms with Crippen LogP contribution >= 0.6 is 23.4 Å². The first-order chi connectivity index (χ1) is 16.5. The smallest absolute Gasteiger partial charge is 0.313 e. The van der Waals surface area contributed by atoms with Gasteiger partial charge in [-0.15, -0.1) is 11.8 Å². The van der Waals surface area contributed by atoms with Crippen molar-refractivity contribution in [2.24, 2.45) is 0 Å². The van der Waals surface area contributed by atoms with Crippen molar-refractivity contribution in [2.45, 2.75) is 24.3 Å². The maximum absolute atomic E-state index is 14.9. The molecule has 11 heteroatoms. The highest BCUT2D eigenvalue weighted by Crippen LogP contribution is 2.37. The summed E-state index contributed by atoms with van der Waals surface area (Å²) in [4.78, 5) is 10.6.